The van der Waals surface area contributed by atoms with Crippen molar-refractivity contribution in [3.8, 4) is 0 Å². The Kier molecular flexibility index (Phi) is 21.5. The van der Waals surface area contributed by atoms with E-state index in [2.05, 4.69) is 13.8 Å². The molecule has 4 aliphatic rings. The Balaban J connectivity index is 0.887. The molecule has 4 rings (SSSR count). The number of carbonyl (C=O) groups is 2. The van der Waals surface area contributed by atoms with Crippen molar-refractivity contribution in [1.82, 2.24) is 0 Å². The van der Waals surface area contributed by atoms with E-state index >= 15 is 0 Å². The molecule has 3 saturated heterocycles. The molecular formula is C44H78O7. The van der Waals surface area contributed by atoms with Gasteiger partial charge in [-0.2, -0.15) is 0 Å². The van der Waals surface area contributed by atoms with Crippen LogP contribution in [0.3, 0.4) is 0 Å². The lowest BCUT2D eigenvalue weighted by atomic mass is 9.79. The van der Waals surface area contributed by atoms with Crippen molar-refractivity contribution in [3.05, 3.63) is 0 Å². The molecule has 0 aromatic rings. The Morgan fingerprint density at radius 1 is 0.412 bits per heavy atom. The van der Waals surface area contributed by atoms with Crippen molar-refractivity contribution in [2.45, 2.75) is 243 Å². The molecule has 7 heteroatoms. The summed E-state index contributed by atoms with van der Waals surface area (Å²) >= 11 is 0. The summed E-state index contributed by atoms with van der Waals surface area (Å²) in [5.41, 5.74) is 0. The van der Waals surface area contributed by atoms with Gasteiger partial charge in [-0.05, 0) is 52.4 Å². The summed E-state index contributed by atoms with van der Waals surface area (Å²) < 4.78 is 28.0. The number of unbranched alkanes of at least 4 members (excludes halogenated alkanes) is 24. The molecule has 3 aliphatic heterocycles. The lowest BCUT2D eigenvalue weighted by Gasteiger charge is -2.26. The lowest BCUT2D eigenvalue weighted by Crippen LogP contribution is -2.37. The minimum Gasteiger partial charge on any atom is -0.465 e. The van der Waals surface area contributed by atoms with Crippen LogP contribution in [0.5, 0.6) is 0 Å². The predicted octanol–water partition coefficient (Wildman–Crippen LogP) is 11.4. The van der Waals surface area contributed by atoms with Crippen LogP contribution in [0.1, 0.15) is 206 Å². The van der Waals surface area contributed by atoms with Crippen LogP contribution in [0.15, 0.2) is 0 Å². The van der Waals surface area contributed by atoms with Gasteiger partial charge in [-0.1, -0.05) is 154 Å². The van der Waals surface area contributed by atoms with Crippen LogP contribution in [0.4, 0.5) is 0 Å². The fraction of sp³-hybridized carbons (Fsp3) is 0.955. The van der Waals surface area contributed by atoms with Crippen molar-refractivity contribution in [2.24, 2.45) is 11.8 Å². The molecular weight excluding hydrogens is 640 g/mol. The largest absolute Gasteiger partial charge is 0.465 e. The molecule has 51 heavy (non-hydrogen) atoms. The Labute approximate surface area is 312 Å². The SMILES string of the molecule is CC1OC1CCCCCCCCCCCCCCCOC(=O)C1CC2OC2CC1C(=O)OCCCCCCCCCCCCCCCC1OC1C. The van der Waals surface area contributed by atoms with E-state index in [9.17, 15) is 9.59 Å². The highest BCUT2D eigenvalue weighted by Crippen LogP contribution is 2.44. The van der Waals surface area contributed by atoms with Gasteiger partial charge in [0.2, 0.25) is 0 Å². The number of esters is 2. The zero-order chi connectivity index (χ0) is 35.9. The van der Waals surface area contributed by atoms with Crippen LogP contribution in [-0.4, -0.2) is 61.8 Å². The summed E-state index contributed by atoms with van der Waals surface area (Å²) in [6, 6.07) is 0. The lowest BCUT2D eigenvalue weighted by molar-refractivity contribution is -0.162. The molecule has 0 N–H and O–H groups in total. The summed E-state index contributed by atoms with van der Waals surface area (Å²) in [5.74, 6) is -1.31. The van der Waals surface area contributed by atoms with Crippen molar-refractivity contribution in [3.63, 3.8) is 0 Å². The number of hydrogen-bond acceptors (Lipinski definition) is 7. The molecule has 1 aliphatic carbocycles. The zero-order valence-corrected chi connectivity index (χ0v) is 33.1. The molecule has 0 amide bonds. The third-order valence-electron chi connectivity index (χ3n) is 12.2. The van der Waals surface area contributed by atoms with E-state index in [0.29, 0.717) is 50.5 Å². The van der Waals surface area contributed by atoms with E-state index in [-0.39, 0.29) is 24.1 Å². The van der Waals surface area contributed by atoms with Crippen LogP contribution >= 0.6 is 0 Å². The van der Waals surface area contributed by atoms with Crippen molar-refractivity contribution in [1.29, 1.82) is 0 Å². The minimum atomic E-state index is -0.422. The van der Waals surface area contributed by atoms with Gasteiger partial charge < -0.3 is 23.7 Å². The summed E-state index contributed by atoms with van der Waals surface area (Å²) in [4.78, 5) is 26.0. The molecule has 0 radical (unpaired) electrons. The van der Waals surface area contributed by atoms with Gasteiger partial charge in [-0.3, -0.25) is 9.59 Å². The third-order valence-corrected chi connectivity index (χ3v) is 12.2. The highest BCUT2D eigenvalue weighted by molar-refractivity contribution is 5.82. The first-order valence-corrected chi connectivity index (χ1v) is 22.3. The highest BCUT2D eigenvalue weighted by atomic mass is 16.6. The van der Waals surface area contributed by atoms with Crippen molar-refractivity contribution in [2.75, 3.05) is 13.2 Å². The quantitative estimate of drug-likeness (QED) is 0.0371. The predicted molar refractivity (Wildman–Crippen MR) is 205 cm³/mol. The molecule has 8 atom stereocenters. The third kappa shape index (κ3) is 19.1. The number of epoxide rings is 3. The average molecular weight is 719 g/mol. The fourth-order valence-corrected chi connectivity index (χ4v) is 8.35. The number of fused-ring (bicyclic) bond motifs is 1. The van der Waals surface area contributed by atoms with Gasteiger partial charge in [0, 0.05) is 0 Å². The molecule has 0 aromatic heterocycles. The summed E-state index contributed by atoms with van der Waals surface area (Å²) in [5, 5.41) is 0. The number of carbonyl (C=O) groups excluding carboxylic acids is 2. The Hall–Kier alpha value is -1.18. The maximum absolute atomic E-state index is 13.0. The molecule has 3 heterocycles. The van der Waals surface area contributed by atoms with E-state index < -0.39 is 11.8 Å². The summed E-state index contributed by atoms with van der Waals surface area (Å²) in [6.45, 7) is 5.26. The van der Waals surface area contributed by atoms with Gasteiger partial charge >= 0.3 is 11.9 Å². The molecule has 7 nitrogen and oxygen atoms in total. The fourth-order valence-electron chi connectivity index (χ4n) is 8.35. The average Bonchev–Trinajstić information content (AvgIpc) is 4.08. The molecule has 8 unspecified atom stereocenters. The number of rotatable bonds is 34. The molecule has 296 valence electrons. The van der Waals surface area contributed by atoms with Gasteiger partial charge in [0.1, 0.15) is 0 Å². The van der Waals surface area contributed by atoms with Crippen molar-refractivity contribution >= 4 is 11.9 Å². The second-order valence-electron chi connectivity index (χ2n) is 16.8. The zero-order valence-electron chi connectivity index (χ0n) is 33.1. The van der Waals surface area contributed by atoms with Crippen LogP contribution in [0.25, 0.3) is 0 Å². The first kappa shape index (κ1) is 42.6. The second kappa shape index (κ2) is 25.8. The van der Waals surface area contributed by atoms with E-state index in [0.717, 1.165) is 25.7 Å². The van der Waals surface area contributed by atoms with Gasteiger partial charge in [0.25, 0.3) is 0 Å². The van der Waals surface area contributed by atoms with E-state index in [4.69, 9.17) is 23.7 Å². The smallest absolute Gasteiger partial charge is 0.309 e. The molecule has 0 aromatic carbocycles. The number of ether oxygens (including phenoxy) is 5. The summed E-state index contributed by atoms with van der Waals surface area (Å²) in [7, 11) is 0. The van der Waals surface area contributed by atoms with Crippen molar-refractivity contribution < 1.29 is 33.3 Å². The topological polar surface area (TPSA) is 90.2 Å². The first-order valence-electron chi connectivity index (χ1n) is 22.3. The first-order chi connectivity index (χ1) is 25.0. The highest BCUT2D eigenvalue weighted by Gasteiger charge is 2.53. The molecule has 0 bridgehead atoms. The Morgan fingerprint density at radius 2 is 0.667 bits per heavy atom. The van der Waals surface area contributed by atoms with E-state index in [1.54, 1.807) is 0 Å². The van der Waals surface area contributed by atoms with Gasteiger partial charge in [0.15, 0.2) is 0 Å². The normalized spacial score (nSPS) is 27.6. The van der Waals surface area contributed by atoms with Gasteiger partial charge in [-0.25, -0.2) is 0 Å². The number of hydrogen-bond donors (Lipinski definition) is 0. The van der Waals surface area contributed by atoms with Gasteiger partial charge in [0.05, 0.1) is 61.7 Å². The van der Waals surface area contributed by atoms with Gasteiger partial charge in [-0.15, -0.1) is 0 Å². The van der Waals surface area contributed by atoms with E-state index in [1.807, 2.05) is 0 Å². The monoisotopic (exact) mass is 719 g/mol. The molecule has 4 fully saturated rings. The Morgan fingerprint density at radius 3 is 0.941 bits per heavy atom. The second-order valence-corrected chi connectivity index (χ2v) is 16.8. The molecule has 1 saturated carbocycles. The maximum atomic E-state index is 13.0. The standard InChI is InChI=1S/C44H78O7/c1-35-39(49-35)29-25-21-17-13-9-5-3-7-11-15-19-23-27-31-47-43(45)37-33-41-42(51-41)34-38(37)44(46)48-32-28-24-20-16-12-8-4-6-10-14-18-22-26-30-40-36(2)50-40/h35-42H,3-34H2,1-2H3. The van der Waals surface area contributed by atoms with Crippen LogP contribution in [0, 0.1) is 11.8 Å². The minimum absolute atomic E-state index is 0.115. The van der Waals surface area contributed by atoms with E-state index in [1.165, 1.54) is 154 Å². The van der Waals surface area contributed by atoms with Crippen LogP contribution in [0.2, 0.25) is 0 Å². The summed E-state index contributed by atoms with van der Waals surface area (Å²) in [6.07, 6.45) is 39.5. The molecule has 0 spiro atoms. The Bertz CT molecular complexity index is 853. The van der Waals surface area contributed by atoms with Crippen LogP contribution in [-0.2, 0) is 33.3 Å². The maximum Gasteiger partial charge on any atom is 0.309 e. The van der Waals surface area contributed by atoms with Crippen LogP contribution < -0.4 is 0 Å².